The fourth-order valence-electron chi connectivity index (χ4n) is 4.13. The van der Waals surface area contributed by atoms with Gasteiger partial charge in [-0.15, -0.1) is 0 Å². The first-order chi connectivity index (χ1) is 15.7. The number of hydrogen-bond acceptors (Lipinski definition) is 6. The number of piperidine rings is 1. The van der Waals surface area contributed by atoms with E-state index in [2.05, 4.69) is 20.6 Å². The molecule has 1 unspecified atom stereocenters. The zero-order valence-corrected chi connectivity index (χ0v) is 18.2. The summed E-state index contributed by atoms with van der Waals surface area (Å²) in [7, 11) is 1.72. The zero-order chi connectivity index (χ0) is 22.3. The number of nitrogens with one attached hydrogen (secondary N) is 3. The zero-order valence-electron chi connectivity index (χ0n) is 18.2. The lowest BCUT2D eigenvalue weighted by molar-refractivity contribution is 0.0642. The number of para-hydroxylation sites is 1. The van der Waals surface area contributed by atoms with Gasteiger partial charge in [-0.2, -0.15) is 10.2 Å². The summed E-state index contributed by atoms with van der Waals surface area (Å²) in [6.07, 6.45) is 4.82. The molecule has 166 valence electrons. The number of ether oxygens (including phenoxy) is 1. The molecule has 3 N–H and O–H groups in total. The van der Waals surface area contributed by atoms with E-state index in [0.717, 1.165) is 55.5 Å². The molecule has 1 aliphatic rings. The van der Waals surface area contributed by atoms with E-state index < -0.39 is 0 Å². The van der Waals surface area contributed by atoms with Crippen molar-refractivity contribution in [3.05, 3.63) is 66.0 Å². The molecule has 0 spiro atoms. The van der Waals surface area contributed by atoms with Crippen LogP contribution in [0, 0.1) is 11.4 Å². The predicted molar refractivity (Wildman–Crippen MR) is 124 cm³/mol. The Kier molecular flexibility index (Phi) is 6.91. The molecule has 1 aromatic heterocycles. The molecule has 2 aromatic carbocycles. The van der Waals surface area contributed by atoms with Crippen LogP contribution in [-0.4, -0.2) is 47.8 Å². The molecule has 8 heteroatoms. The van der Waals surface area contributed by atoms with E-state index in [1.807, 2.05) is 53.4 Å². The van der Waals surface area contributed by atoms with Crippen molar-refractivity contribution >= 4 is 28.2 Å². The van der Waals surface area contributed by atoms with Crippen molar-refractivity contribution in [3.8, 4) is 0 Å². The molecule has 32 heavy (non-hydrogen) atoms. The molecule has 0 aliphatic carbocycles. The molecule has 3 aromatic rings. The molecule has 0 bridgehead atoms. The monoisotopic (exact) mass is 432 g/mol. The minimum absolute atomic E-state index is 0.0686. The normalized spacial score (nSPS) is 16.8. The molecule has 4 rings (SSSR count). The first kappa shape index (κ1) is 21.7. The minimum Gasteiger partial charge on any atom is -0.385 e. The maximum absolute atomic E-state index is 12.9. The van der Waals surface area contributed by atoms with Crippen molar-refractivity contribution in [1.82, 2.24) is 15.1 Å². The number of benzene rings is 2. The highest BCUT2D eigenvalue weighted by Gasteiger charge is 2.24. The van der Waals surface area contributed by atoms with Gasteiger partial charge in [0.1, 0.15) is 11.4 Å². The number of hydrogen-bond donors (Lipinski definition) is 3. The number of aromatic nitrogens is 2. The van der Waals surface area contributed by atoms with Gasteiger partial charge in [-0.25, -0.2) is 5.53 Å². The third kappa shape index (κ3) is 4.86. The third-order valence-electron chi connectivity index (χ3n) is 5.88. The van der Waals surface area contributed by atoms with E-state index in [9.17, 15) is 4.79 Å². The number of carbonyl (C=O) groups is 1. The molecule has 1 atom stereocenters. The highest BCUT2D eigenvalue weighted by atomic mass is 16.5. The molecule has 1 fully saturated rings. The van der Waals surface area contributed by atoms with Crippen LogP contribution in [0.4, 0.5) is 5.69 Å². The Balaban J connectivity index is 1.42. The number of nitrogens with zero attached hydrogens (tertiary/aromatic N) is 3. The second-order valence-electron chi connectivity index (χ2n) is 8.02. The minimum atomic E-state index is 0.0686. The van der Waals surface area contributed by atoms with Gasteiger partial charge in [-0.3, -0.25) is 9.89 Å². The number of aromatic amines is 1. The molecule has 1 amide bonds. The van der Waals surface area contributed by atoms with Gasteiger partial charge in [0.2, 0.25) is 0 Å². The topological polar surface area (TPSA) is 106 Å². The number of likely N-dealkylation sites (tertiary alicyclic amines) is 1. The van der Waals surface area contributed by atoms with Gasteiger partial charge >= 0.3 is 0 Å². The Morgan fingerprint density at radius 3 is 2.91 bits per heavy atom. The van der Waals surface area contributed by atoms with Crippen LogP contribution in [0.3, 0.4) is 0 Å². The summed E-state index contributed by atoms with van der Waals surface area (Å²) in [5, 5.41) is 14.9. The van der Waals surface area contributed by atoms with Crippen LogP contribution in [0.15, 0.2) is 59.8 Å². The van der Waals surface area contributed by atoms with E-state index >= 15 is 0 Å². The average molecular weight is 433 g/mol. The summed E-state index contributed by atoms with van der Waals surface area (Å²) in [5.74, 6) is 0.572. The van der Waals surface area contributed by atoms with Crippen molar-refractivity contribution in [2.45, 2.75) is 19.3 Å². The van der Waals surface area contributed by atoms with Crippen molar-refractivity contribution in [2.24, 2.45) is 11.0 Å². The maximum Gasteiger partial charge on any atom is 0.253 e. The van der Waals surface area contributed by atoms with Crippen LogP contribution in [0.25, 0.3) is 16.6 Å². The van der Waals surface area contributed by atoms with Gasteiger partial charge in [0, 0.05) is 49.6 Å². The van der Waals surface area contributed by atoms with Crippen molar-refractivity contribution < 1.29 is 9.53 Å². The van der Waals surface area contributed by atoms with Gasteiger partial charge in [-0.1, -0.05) is 18.2 Å². The SMILES string of the molecule is COCCC1CCCN(C(=O)c2ccc(N/C=C(\N=N)c3n[nH]c4ccccc34)cc2)C1. The molecular weight excluding hydrogens is 404 g/mol. The number of methoxy groups -OCH3 is 1. The van der Waals surface area contributed by atoms with E-state index in [1.165, 1.54) is 0 Å². The molecule has 2 heterocycles. The lowest BCUT2D eigenvalue weighted by atomic mass is 9.94. The Hall–Kier alpha value is -3.52. The molecule has 1 saturated heterocycles. The second-order valence-corrected chi connectivity index (χ2v) is 8.02. The summed E-state index contributed by atoms with van der Waals surface area (Å²) in [6, 6.07) is 15.1. The van der Waals surface area contributed by atoms with E-state index in [-0.39, 0.29) is 5.91 Å². The quantitative estimate of drug-likeness (QED) is 0.440. The number of amides is 1. The molecule has 1 aliphatic heterocycles. The molecule has 8 nitrogen and oxygen atoms in total. The fourth-order valence-corrected chi connectivity index (χ4v) is 4.13. The highest BCUT2D eigenvalue weighted by molar-refractivity contribution is 5.94. The van der Waals surface area contributed by atoms with Crippen LogP contribution in [0.5, 0.6) is 0 Å². The van der Waals surface area contributed by atoms with Gasteiger partial charge in [-0.05, 0) is 55.5 Å². The van der Waals surface area contributed by atoms with Gasteiger partial charge in [0.15, 0.2) is 0 Å². The lowest BCUT2D eigenvalue weighted by Crippen LogP contribution is -2.40. The van der Waals surface area contributed by atoms with E-state index in [4.69, 9.17) is 10.3 Å². The number of fused-ring (bicyclic) bond motifs is 1. The van der Waals surface area contributed by atoms with Crippen LogP contribution >= 0.6 is 0 Å². The molecular formula is C24H28N6O2. The fraction of sp³-hybridized carbons (Fsp3) is 0.333. The Morgan fingerprint density at radius 1 is 1.31 bits per heavy atom. The van der Waals surface area contributed by atoms with Crippen molar-refractivity contribution in [2.75, 3.05) is 32.1 Å². The highest BCUT2D eigenvalue weighted by Crippen LogP contribution is 2.24. The van der Waals surface area contributed by atoms with Gasteiger partial charge in [0.05, 0.1) is 5.52 Å². The van der Waals surface area contributed by atoms with Crippen molar-refractivity contribution in [1.29, 1.82) is 5.53 Å². The van der Waals surface area contributed by atoms with E-state index in [1.54, 1.807) is 13.3 Å². The third-order valence-corrected chi connectivity index (χ3v) is 5.88. The second kappa shape index (κ2) is 10.2. The standard InChI is InChI=1S/C24H28N6O2/c1-32-14-12-17-5-4-13-30(16-17)24(31)18-8-10-19(11-9-18)26-15-22(27-25)23-20-6-2-3-7-21(20)28-29-23/h2-3,6-11,15,17,25-26H,4-5,12-14,16H2,1H3,(H,28,29)/b22-15-,27-25?. The average Bonchev–Trinajstić information content (AvgIpc) is 3.27. The Labute approximate surface area is 187 Å². The molecule has 0 saturated carbocycles. The summed E-state index contributed by atoms with van der Waals surface area (Å²) < 4.78 is 5.19. The van der Waals surface area contributed by atoms with Gasteiger partial charge in [0.25, 0.3) is 5.91 Å². The number of carbonyl (C=O) groups excluding carboxylic acids is 1. The van der Waals surface area contributed by atoms with E-state index in [0.29, 0.717) is 22.9 Å². The number of rotatable bonds is 8. The first-order valence-electron chi connectivity index (χ1n) is 10.9. The van der Waals surface area contributed by atoms with Crippen molar-refractivity contribution in [3.63, 3.8) is 0 Å². The summed E-state index contributed by atoms with van der Waals surface area (Å²) in [5.41, 5.74) is 10.9. The summed E-state index contributed by atoms with van der Waals surface area (Å²) in [6.45, 7) is 2.33. The molecule has 0 radical (unpaired) electrons. The van der Waals surface area contributed by atoms with Gasteiger partial charge < -0.3 is 15.0 Å². The number of H-pyrrole nitrogens is 1. The first-order valence-corrected chi connectivity index (χ1v) is 10.9. The Morgan fingerprint density at radius 2 is 2.12 bits per heavy atom. The van der Waals surface area contributed by atoms with Crippen LogP contribution in [0.2, 0.25) is 0 Å². The largest absolute Gasteiger partial charge is 0.385 e. The van der Waals surface area contributed by atoms with Crippen LogP contribution in [-0.2, 0) is 4.74 Å². The number of anilines is 1. The summed E-state index contributed by atoms with van der Waals surface area (Å²) in [4.78, 5) is 14.9. The predicted octanol–water partition coefficient (Wildman–Crippen LogP) is 4.89. The Bertz CT molecular complexity index is 1110. The smallest absolute Gasteiger partial charge is 0.253 e. The van der Waals surface area contributed by atoms with Crippen LogP contribution < -0.4 is 5.32 Å². The van der Waals surface area contributed by atoms with Crippen LogP contribution in [0.1, 0.15) is 35.3 Å². The lowest BCUT2D eigenvalue weighted by Gasteiger charge is -2.32. The summed E-state index contributed by atoms with van der Waals surface area (Å²) >= 11 is 0. The maximum atomic E-state index is 12.9.